The number of nitrogens with one attached hydrogen (secondary N) is 1. The van der Waals surface area contributed by atoms with E-state index >= 15 is 0 Å². The van der Waals surface area contributed by atoms with E-state index in [0.29, 0.717) is 28.2 Å². The highest BCUT2D eigenvalue weighted by Crippen LogP contribution is 2.40. The number of aromatic nitrogens is 3. The van der Waals surface area contributed by atoms with Crippen LogP contribution in [0.2, 0.25) is 0 Å². The number of pyridine rings is 1. The predicted octanol–water partition coefficient (Wildman–Crippen LogP) is 0.844. The van der Waals surface area contributed by atoms with Crippen molar-refractivity contribution < 1.29 is 13.2 Å². The minimum Gasteiger partial charge on any atom is -0.268 e. The SMILES string of the molecule is Cc1nn(C)c2nc(C3CC3)cc(C(=O)NS(C)(=O)=O)c12. The molecule has 2 aromatic rings. The summed E-state index contributed by atoms with van der Waals surface area (Å²) in [5.74, 6) is -0.280. The van der Waals surface area contributed by atoms with Gasteiger partial charge in [-0.25, -0.2) is 18.1 Å². The maximum Gasteiger partial charge on any atom is 0.265 e. The summed E-state index contributed by atoms with van der Waals surface area (Å²) in [6, 6.07) is 1.69. The molecule has 0 unspecified atom stereocenters. The molecule has 3 rings (SSSR count). The van der Waals surface area contributed by atoms with Crippen molar-refractivity contribution in [2.75, 3.05) is 6.26 Å². The summed E-state index contributed by atoms with van der Waals surface area (Å²) in [7, 11) is -1.85. The fourth-order valence-corrected chi connectivity index (χ4v) is 2.90. The fraction of sp³-hybridized carbons (Fsp3) is 0.462. The van der Waals surface area contributed by atoms with Crippen molar-refractivity contribution in [3.63, 3.8) is 0 Å². The number of carbonyl (C=O) groups excluding carboxylic acids is 1. The average Bonchev–Trinajstić information content (AvgIpc) is 3.15. The molecule has 0 radical (unpaired) electrons. The number of rotatable bonds is 3. The molecule has 0 atom stereocenters. The van der Waals surface area contributed by atoms with Crippen molar-refractivity contribution in [1.29, 1.82) is 0 Å². The number of hydrogen-bond acceptors (Lipinski definition) is 5. The van der Waals surface area contributed by atoms with Gasteiger partial charge in [0.2, 0.25) is 10.0 Å². The molecular formula is C13H16N4O3S. The zero-order valence-corrected chi connectivity index (χ0v) is 12.9. The van der Waals surface area contributed by atoms with Crippen molar-refractivity contribution >= 4 is 27.0 Å². The van der Waals surface area contributed by atoms with Crippen molar-refractivity contribution in [2.45, 2.75) is 25.7 Å². The minimum atomic E-state index is -3.61. The lowest BCUT2D eigenvalue weighted by atomic mass is 10.1. The number of nitrogens with zero attached hydrogens (tertiary/aromatic N) is 3. The van der Waals surface area contributed by atoms with Crippen LogP contribution in [0.4, 0.5) is 0 Å². The molecule has 2 heterocycles. The highest BCUT2D eigenvalue weighted by molar-refractivity contribution is 7.89. The Kier molecular flexibility index (Phi) is 3.01. The van der Waals surface area contributed by atoms with Gasteiger partial charge in [-0.2, -0.15) is 5.10 Å². The first-order valence-electron chi connectivity index (χ1n) is 6.62. The zero-order chi connectivity index (χ0) is 15.4. The quantitative estimate of drug-likeness (QED) is 0.907. The molecule has 1 aliphatic rings. The molecule has 0 spiro atoms. The third-order valence-electron chi connectivity index (χ3n) is 3.51. The Bertz CT molecular complexity index is 850. The number of amides is 1. The van der Waals surface area contributed by atoms with Gasteiger partial charge in [0.25, 0.3) is 5.91 Å². The maximum absolute atomic E-state index is 12.3. The van der Waals surface area contributed by atoms with Gasteiger partial charge in [0.05, 0.1) is 22.9 Å². The Morgan fingerprint density at radius 2 is 2.10 bits per heavy atom. The van der Waals surface area contributed by atoms with E-state index in [2.05, 4.69) is 10.1 Å². The summed E-state index contributed by atoms with van der Waals surface area (Å²) in [4.78, 5) is 16.8. The molecule has 0 saturated heterocycles. The number of aryl methyl sites for hydroxylation is 2. The Morgan fingerprint density at radius 1 is 1.43 bits per heavy atom. The van der Waals surface area contributed by atoms with Crippen molar-refractivity contribution in [3.8, 4) is 0 Å². The molecule has 0 aliphatic heterocycles. The Balaban J connectivity index is 2.21. The first kappa shape index (κ1) is 14.0. The number of carbonyl (C=O) groups is 1. The van der Waals surface area contributed by atoms with E-state index in [9.17, 15) is 13.2 Å². The van der Waals surface area contributed by atoms with Gasteiger partial charge < -0.3 is 0 Å². The predicted molar refractivity (Wildman–Crippen MR) is 77.5 cm³/mol. The van der Waals surface area contributed by atoms with Gasteiger partial charge in [-0.05, 0) is 25.8 Å². The number of sulfonamides is 1. The second-order valence-corrected chi connectivity index (χ2v) is 7.23. The van der Waals surface area contributed by atoms with Gasteiger partial charge in [0.15, 0.2) is 5.65 Å². The molecule has 0 bridgehead atoms. The summed E-state index contributed by atoms with van der Waals surface area (Å²) in [5.41, 5.74) is 2.40. The lowest BCUT2D eigenvalue weighted by Crippen LogP contribution is -2.29. The van der Waals surface area contributed by atoms with Crippen LogP contribution in [0, 0.1) is 6.92 Å². The van der Waals surface area contributed by atoms with Gasteiger partial charge in [-0.15, -0.1) is 0 Å². The van der Waals surface area contributed by atoms with E-state index in [4.69, 9.17) is 0 Å². The molecule has 8 heteroatoms. The van der Waals surface area contributed by atoms with Crippen LogP contribution < -0.4 is 4.72 Å². The monoisotopic (exact) mass is 308 g/mol. The first-order valence-corrected chi connectivity index (χ1v) is 8.52. The molecule has 1 fully saturated rings. The second kappa shape index (κ2) is 4.52. The highest BCUT2D eigenvalue weighted by atomic mass is 32.2. The molecule has 7 nitrogen and oxygen atoms in total. The summed E-state index contributed by atoms with van der Waals surface area (Å²) in [5, 5.41) is 4.88. The molecule has 2 aromatic heterocycles. The second-order valence-electron chi connectivity index (χ2n) is 5.48. The molecular weight excluding hydrogens is 292 g/mol. The van der Waals surface area contributed by atoms with Crippen LogP contribution in [-0.2, 0) is 17.1 Å². The molecule has 21 heavy (non-hydrogen) atoms. The van der Waals surface area contributed by atoms with E-state index in [1.54, 1.807) is 24.7 Å². The highest BCUT2D eigenvalue weighted by Gasteiger charge is 2.28. The molecule has 1 N–H and O–H groups in total. The van der Waals surface area contributed by atoms with E-state index in [1.165, 1.54) is 0 Å². The van der Waals surface area contributed by atoms with Gasteiger partial charge in [-0.3, -0.25) is 9.48 Å². The molecule has 0 aromatic carbocycles. The number of fused-ring (bicyclic) bond motifs is 1. The molecule has 1 amide bonds. The molecule has 1 aliphatic carbocycles. The van der Waals surface area contributed by atoms with E-state index in [-0.39, 0.29) is 0 Å². The maximum atomic E-state index is 12.3. The van der Waals surface area contributed by atoms with Crippen LogP contribution in [0.5, 0.6) is 0 Å². The summed E-state index contributed by atoms with van der Waals surface area (Å²) in [6.07, 6.45) is 3.05. The van der Waals surface area contributed by atoms with Crippen LogP contribution in [-0.4, -0.2) is 35.3 Å². The van der Waals surface area contributed by atoms with Gasteiger partial charge >= 0.3 is 0 Å². The lowest BCUT2D eigenvalue weighted by molar-refractivity contribution is 0.0983. The number of hydrogen-bond donors (Lipinski definition) is 1. The third kappa shape index (κ3) is 2.63. The Morgan fingerprint density at radius 3 is 2.67 bits per heavy atom. The van der Waals surface area contributed by atoms with E-state index in [1.807, 2.05) is 4.72 Å². The van der Waals surface area contributed by atoms with Crippen LogP contribution >= 0.6 is 0 Å². The average molecular weight is 308 g/mol. The lowest BCUT2D eigenvalue weighted by Gasteiger charge is -2.07. The van der Waals surface area contributed by atoms with Crippen molar-refractivity contribution in [3.05, 3.63) is 23.0 Å². The molecule has 112 valence electrons. The normalized spacial score (nSPS) is 15.4. The molecule has 1 saturated carbocycles. The Labute approximate surface area is 122 Å². The zero-order valence-electron chi connectivity index (χ0n) is 12.0. The van der Waals surface area contributed by atoms with E-state index < -0.39 is 15.9 Å². The summed E-state index contributed by atoms with van der Waals surface area (Å²) in [6.45, 7) is 1.78. The summed E-state index contributed by atoms with van der Waals surface area (Å²) >= 11 is 0. The fourth-order valence-electron chi connectivity index (χ4n) is 2.45. The van der Waals surface area contributed by atoms with Crippen LogP contribution in [0.1, 0.15) is 40.5 Å². The van der Waals surface area contributed by atoms with Crippen molar-refractivity contribution in [1.82, 2.24) is 19.5 Å². The van der Waals surface area contributed by atoms with Gasteiger partial charge in [-0.1, -0.05) is 0 Å². The standard InChI is InChI=1S/C13H16N4O3S/c1-7-11-9(13(18)16-21(3,19)20)6-10(8-4-5-8)14-12(11)17(2)15-7/h6,8H,4-5H2,1-3H3,(H,16,18). The van der Waals surface area contributed by atoms with Crippen molar-refractivity contribution in [2.24, 2.45) is 7.05 Å². The smallest absolute Gasteiger partial charge is 0.265 e. The minimum absolute atomic E-state index is 0.318. The largest absolute Gasteiger partial charge is 0.268 e. The third-order valence-corrected chi connectivity index (χ3v) is 4.06. The topological polar surface area (TPSA) is 93.9 Å². The summed E-state index contributed by atoms with van der Waals surface area (Å²) < 4.78 is 26.2. The first-order chi connectivity index (χ1) is 9.76. The Hall–Kier alpha value is -1.96. The van der Waals surface area contributed by atoms with Gasteiger partial charge in [0, 0.05) is 18.7 Å². The van der Waals surface area contributed by atoms with Gasteiger partial charge in [0.1, 0.15) is 0 Å². The van der Waals surface area contributed by atoms with Crippen LogP contribution in [0.25, 0.3) is 11.0 Å². The van der Waals surface area contributed by atoms with Crippen LogP contribution in [0.15, 0.2) is 6.07 Å². The van der Waals surface area contributed by atoms with E-state index in [0.717, 1.165) is 24.8 Å². The van der Waals surface area contributed by atoms with Crippen LogP contribution in [0.3, 0.4) is 0 Å².